The van der Waals surface area contributed by atoms with Gasteiger partial charge >= 0.3 is 0 Å². The molecule has 0 bridgehead atoms. The van der Waals surface area contributed by atoms with Crippen LogP contribution in [0.4, 0.5) is 4.39 Å². The molecule has 0 atom stereocenters. The Morgan fingerprint density at radius 3 is 1.93 bits per heavy atom. The highest BCUT2D eigenvalue weighted by atomic mass is 28.3. The minimum atomic E-state index is -0.171. The second kappa shape index (κ2) is 10.8. The fourth-order valence-electron chi connectivity index (χ4n) is 5.95. The number of halogens is 1. The summed E-state index contributed by atoms with van der Waals surface area (Å²) in [4.78, 5) is 0. The summed E-state index contributed by atoms with van der Waals surface area (Å²) in [7, 11) is 0.0421. The third-order valence-corrected chi connectivity index (χ3v) is 11.1. The maximum atomic E-state index is 13.1. The highest BCUT2D eigenvalue weighted by molar-refractivity contribution is 6.58. The second-order valence-corrected chi connectivity index (χ2v) is 12.9. The van der Waals surface area contributed by atoms with Gasteiger partial charge in [0.05, 0.1) is 0 Å². The third kappa shape index (κ3) is 5.84. The smallest absolute Gasteiger partial charge is 0.123 e. The minimum Gasteiger partial charge on any atom is -0.207 e. The van der Waals surface area contributed by atoms with Gasteiger partial charge in [0.2, 0.25) is 0 Å². The molecular formula is C28H38FSi. The van der Waals surface area contributed by atoms with Crippen molar-refractivity contribution in [1.82, 2.24) is 0 Å². The summed E-state index contributed by atoms with van der Waals surface area (Å²) in [5.74, 6) is 2.87. The van der Waals surface area contributed by atoms with E-state index in [0.717, 1.165) is 23.3 Å². The van der Waals surface area contributed by atoms with Crippen LogP contribution in [0, 0.1) is 23.6 Å². The first kappa shape index (κ1) is 21.8. The molecule has 0 amide bonds. The molecule has 2 aliphatic rings. The standard InChI is InChI=1S/C28H38FSi/c1-2-19-30-20-17-27(18-21-30)25-11-7-23(8-12-25)4-3-22-5-9-24(10-6-22)26-13-15-28(29)16-14-26/h5-6,9-10,13-16,23,25,27H,2-4,7-8,11-12,17-21H2,1H3. The lowest BCUT2D eigenvalue weighted by Crippen LogP contribution is -2.28. The van der Waals surface area contributed by atoms with Gasteiger partial charge in [0.15, 0.2) is 0 Å². The highest BCUT2D eigenvalue weighted by Crippen LogP contribution is 2.41. The Balaban J connectivity index is 1.19. The fraction of sp³-hybridized carbons (Fsp3) is 0.571. The molecule has 4 rings (SSSR count). The normalized spacial score (nSPS) is 23.5. The SMILES string of the molecule is CCC[Si]1CCC(C2CCC(CCc3ccc(-c4ccc(F)cc4)cc3)CC2)CC1. The monoisotopic (exact) mass is 421 g/mol. The molecule has 2 heteroatoms. The van der Waals surface area contributed by atoms with Crippen molar-refractivity contribution in [3.63, 3.8) is 0 Å². The molecule has 0 aromatic heterocycles. The maximum Gasteiger partial charge on any atom is 0.123 e. The van der Waals surface area contributed by atoms with Crippen molar-refractivity contribution in [3.8, 4) is 11.1 Å². The van der Waals surface area contributed by atoms with Gasteiger partial charge in [-0.25, -0.2) is 4.39 Å². The van der Waals surface area contributed by atoms with Crippen LogP contribution in [0.1, 0.15) is 63.9 Å². The summed E-state index contributed by atoms with van der Waals surface area (Å²) in [5.41, 5.74) is 3.71. The van der Waals surface area contributed by atoms with Gasteiger partial charge in [-0.3, -0.25) is 0 Å². The van der Waals surface area contributed by atoms with Gasteiger partial charge < -0.3 is 0 Å². The van der Waals surface area contributed by atoms with E-state index in [1.54, 1.807) is 31.0 Å². The second-order valence-electron chi connectivity index (χ2n) is 9.86. The zero-order valence-electron chi connectivity index (χ0n) is 18.7. The van der Waals surface area contributed by atoms with Crippen LogP contribution in [0.3, 0.4) is 0 Å². The molecule has 0 unspecified atom stereocenters. The average Bonchev–Trinajstić information content (AvgIpc) is 2.80. The van der Waals surface area contributed by atoms with Gasteiger partial charge in [-0.15, -0.1) is 0 Å². The van der Waals surface area contributed by atoms with Gasteiger partial charge in [-0.05, 0) is 72.3 Å². The summed E-state index contributed by atoms with van der Waals surface area (Å²) in [6, 6.07) is 20.5. The Morgan fingerprint density at radius 2 is 1.33 bits per heavy atom. The Bertz CT molecular complexity index is 750. The van der Waals surface area contributed by atoms with Crippen molar-refractivity contribution < 1.29 is 4.39 Å². The van der Waals surface area contributed by atoms with E-state index >= 15 is 0 Å². The van der Waals surface area contributed by atoms with Crippen molar-refractivity contribution in [1.29, 1.82) is 0 Å². The molecule has 1 saturated heterocycles. The summed E-state index contributed by atoms with van der Waals surface area (Å²) in [5, 5.41) is 0. The molecule has 2 aromatic rings. The van der Waals surface area contributed by atoms with Crippen molar-refractivity contribution in [3.05, 3.63) is 59.9 Å². The Hall–Kier alpha value is -1.41. The predicted molar refractivity (Wildman–Crippen MR) is 129 cm³/mol. The van der Waals surface area contributed by atoms with E-state index in [-0.39, 0.29) is 14.6 Å². The molecule has 1 heterocycles. The zero-order chi connectivity index (χ0) is 20.8. The Kier molecular flexibility index (Phi) is 7.81. The van der Waals surface area contributed by atoms with E-state index in [0.29, 0.717) is 0 Å². The van der Waals surface area contributed by atoms with Crippen LogP contribution in [-0.4, -0.2) is 8.80 Å². The minimum absolute atomic E-state index is 0.0421. The predicted octanol–water partition coefficient (Wildman–Crippen LogP) is 8.55. The van der Waals surface area contributed by atoms with Crippen molar-refractivity contribution in [2.75, 3.05) is 0 Å². The van der Waals surface area contributed by atoms with E-state index in [9.17, 15) is 4.39 Å². The van der Waals surface area contributed by atoms with Gasteiger partial charge in [-0.1, -0.05) is 93.6 Å². The van der Waals surface area contributed by atoms with Crippen LogP contribution in [0.25, 0.3) is 11.1 Å². The first-order chi connectivity index (χ1) is 14.7. The molecular weight excluding hydrogens is 383 g/mol. The number of benzene rings is 2. The topological polar surface area (TPSA) is 0 Å². The summed E-state index contributed by atoms with van der Waals surface area (Å²) in [6.45, 7) is 2.37. The number of hydrogen-bond acceptors (Lipinski definition) is 0. The molecule has 161 valence electrons. The average molecular weight is 422 g/mol. The molecule has 1 aliphatic heterocycles. The molecule has 30 heavy (non-hydrogen) atoms. The van der Waals surface area contributed by atoms with Gasteiger partial charge in [0.1, 0.15) is 5.82 Å². The lowest BCUT2D eigenvalue weighted by Gasteiger charge is -2.37. The summed E-state index contributed by atoms with van der Waals surface area (Å²) >= 11 is 0. The molecule has 0 spiro atoms. The van der Waals surface area contributed by atoms with Crippen LogP contribution in [0.2, 0.25) is 18.1 Å². The number of hydrogen-bond donors (Lipinski definition) is 0. The van der Waals surface area contributed by atoms with Gasteiger partial charge in [-0.2, -0.15) is 0 Å². The Morgan fingerprint density at radius 1 is 0.767 bits per heavy atom. The largest absolute Gasteiger partial charge is 0.207 e. The van der Waals surface area contributed by atoms with Crippen molar-refractivity contribution >= 4 is 8.80 Å². The van der Waals surface area contributed by atoms with E-state index in [2.05, 4.69) is 31.2 Å². The third-order valence-electron chi connectivity index (χ3n) is 7.87. The maximum absolute atomic E-state index is 13.1. The van der Waals surface area contributed by atoms with Gasteiger partial charge in [0, 0.05) is 8.80 Å². The van der Waals surface area contributed by atoms with E-state index < -0.39 is 0 Å². The van der Waals surface area contributed by atoms with Crippen LogP contribution in [-0.2, 0) is 6.42 Å². The lowest BCUT2D eigenvalue weighted by molar-refractivity contribution is 0.186. The first-order valence-corrected chi connectivity index (χ1v) is 14.5. The van der Waals surface area contributed by atoms with Crippen LogP contribution < -0.4 is 0 Å². The molecule has 2 fully saturated rings. The van der Waals surface area contributed by atoms with Crippen molar-refractivity contribution in [2.24, 2.45) is 17.8 Å². The number of aryl methyl sites for hydroxylation is 1. The fourth-order valence-corrected chi connectivity index (χ4v) is 8.96. The zero-order valence-corrected chi connectivity index (χ0v) is 19.7. The summed E-state index contributed by atoms with van der Waals surface area (Å²) < 4.78 is 13.1. The van der Waals surface area contributed by atoms with Crippen LogP contribution >= 0.6 is 0 Å². The van der Waals surface area contributed by atoms with E-state index in [1.165, 1.54) is 68.2 Å². The van der Waals surface area contributed by atoms with Crippen molar-refractivity contribution in [2.45, 2.75) is 82.8 Å². The highest BCUT2D eigenvalue weighted by Gasteiger charge is 2.30. The first-order valence-electron chi connectivity index (χ1n) is 12.4. The van der Waals surface area contributed by atoms with Crippen LogP contribution in [0.15, 0.2) is 48.5 Å². The molecule has 1 radical (unpaired) electrons. The lowest BCUT2D eigenvalue weighted by atomic mass is 9.73. The molecule has 1 aliphatic carbocycles. The molecule has 1 saturated carbocycles. The van der Waals surface area contributed by atoms with E-state index in [4.69, 9.17) is 0 Å². The molecule has 2 aromatic carbocycles. The Labute approximate surface area is 184 Å². The van der Waals surface area contributed by atoms with E-state index in [1.807, 2.05) is 12.1 Å². The molecule has 0 N–H and O–H groups in total. The number of rotatable bonds is 7. The quantitative estimate of drug-likeness (QED) is 0.393. The van der Waals surface area contributed by atoms with Crippen LogP contribution in [0.5, 0.6) is 0 Å². The summed E-state index contributed by atoms with van der Waals surface area (Å²) in [6.07, 6.45) is 13.0. The van der Waals surface area contributed by atoms with Gasteiger partial charge in [0.25, 0.3) is 0 Å². The molecule has 0 nitrogen and oxygen atoms in total.